The van der Waals surface area contributed by atoms with Gasteiger partial charge in [0.1, 0.15) is 28.5 Å². The first-order valence-electron chi connectivity index (χ1n) is 11.3. The number of nitrogens with two attached hydrogens (primary N) is 1. The molecule has 2 aromatic heterocycles. The number of hydrogen-bond acceptors (Lipinski definition) is 8. The quantitative estimate of drug-likeness (QED) is 0.253. The molecule has 4 rings (SSSR count). The highest BCUT2D eigenvalue weighted by molar-refractivity contribution is 8.00. The Kier molecular flexibility index (Phi) is 8.10. The van der Waals surface area contributed by atoms with E-state index in [4.69, 9.17) is 17.3 Å². The number of nitrogens with one attached hydrogen (secondary N) is 1. The molecular weight excluding hydrogens is 524 g/mol. The summed E-state index contributed by atoms with van der Waals surface area (Å²) in [6.45, 7) is 3.75. The molecular formula is C27H21ClN6OS2. The molecule has 10 heteroatoms. The molecule has 0 aliphatic rings. The second-order valence-electron chi connectivity index (χ2n) is 7.97. The maximum Gasteiger partial charge on any atom is 0.239 e. The van der Waals surface area contributed by atoms with Gasteiger partial charge in [0, 0.05) is 21.5 Å². The van der Waals surface area contributed by atoms with Crippen LogP contribution in [0, 0.1) is 22.7 Å². The fourth-order valence-electron chi connectivity index (χ4n) is 3.63. The number of pyridine rings is 1. The second kappa shape index (κ2) is 11.4. The summed E-state index contributed by atoms with van der Waals surface area (Å²) in [5.41, 5.74) is 10.1. The van der Waals surface area contributed by atoms with Crippen molar-refractivity contribution in [2.24, 2.45) is 0 Å². The highest BCUT2D eigenvalue weighted by atomic mass is 35.5. The van der Waals surface area contributed by atoms with E-state index >= 15 is 0 Å². The summed E-state index contributed by atoms with van der Waals surface area (Å²) in [7, 11) is 0. The third-order valence-corrected chi connectivity index (χ3v) is 7.78. The summed E-state index contributed by atoms with van der Waals surface area (Å²) >= 11 is 8.65. The Morgan fingerprint density at radius 1 is 1.14 bits per heavy atom. The molecule has 2 heterocycles. The predicted octanol–water partition coefficient (Wildman–Crippen LogP) is 6.53. The van der Waals surface area contributed by atoms with Crippen LogP contribution in [0.1, 0.15) is 30.5 Å². The van der Waals surface area contributed by atoms with Crippen LogP contribution in [0.2, 0.25) is 5.02 Å². The molecule has 0 fully saturated rings. The van der Waals surface area contributed by atoms with Crippen molar-refractivity contribution in [3.63, 3.8) is 0 Å². The van der Waals surface area contributed by atoms with Crippen molar-refractivity contribution in [1.29, 1.82) is 10.5 Å². The van der Waals surface area contributed by atoms with Gasteiger partial charge in [-0.3, -0.25) is 4.79 Å². The van der Waals surface area contributed by atoms with Gasteiger partial charge in [-0.2, -0.15) is 10.5 Å². The minimum Gasteiger partial charge on any atom is -0.383 e. The SMILES string of the molecule is CCc1ccc(-c2c(C#N)c(N)nc(SC(C)C(=O)Nc3nc(-c4ccccc4Cl)cs3)c2C#N)cc1. The zero-order valence-electron chi connectivity index (χ0n) is 19.9. The monoisotopic (exact) mass is 544 g/mol. The average molecular weight is 545 g/mol. The van der Waals surface area contributed by atoms with Gasteiger partial charge in [-0.1, -0.05) is 72.8 Å². The Labute approximate surface area is 227 Å². The third kappa shape index (κ3) is 5.60. The molecule has 4 aromatic rings. The summed E-state index contributed by atoms with van der Waals surface area (Å²) in [4.78, 5) is 21.8. The van der Waals surface area contributed by atoms with Crippen LogP contribution < -0.4 is 11.1 Å². The molecule has 184 valence electrons. The van der Waals surface area contributed by atoms with Crippen molar-refractivity contribution in [2.75, 3.05) is 11.1 Å². The zero-order chi connectivity index (χ0) is 26.5. The van der Waals surface area contributed by atoms with Crippen molar-refractivity contribution in [3.05, 3.63) is 75.6 Å². The molecule has 0 radical (unpaired) electrons. The normalized spacial score (nSPS) is 11.4. The maximum absolute atomic E-state index is 13.0. The zero-order valence-corrected chi connectivity index (χ0v) is 22.3. The number of aromatic nitrogens is 2. The number of carbonyl (C=O) groups is 1. The van der Waals surface area contributed by atoms with Crippen molar-refractivity contribution < 1.29 is 4.79 Å². The van der Waals surface area contributed by atoms with Gasteiger partial charge in [0.15, 0.2) is 5.13 Å². The van der Waals surface area contributed by atoms with E-state index in [0.29, 0.717) is 27.0 Å². The number of hydrogen-bond donors (Lipinski definition) is 2. The molecule has 1 unspecified atom stereocenters. The van der Waals surface area contributed by atoms with Gasteiger partial charge in [0.05, 0.1) is 16.5 Å². The van der Waals surface area contributed by atoms with Crippen LogP contribution in [0.15, 0.2) is 58.9 Å². The lowest BCUT2D eigenvalue weighted by molar-refractivity contribution is -0.115. The summed E-state index contributed by atoms with van der Waals surface area (Å²) in [6, 6.07) is 19.2. The Hall–Kier alpha value is -3.89. The van der Waals surface area contributed by atoms with Crippen LogP contribution >= 0.6 is 34.7 Å². The van der Waals surface area contributed by atoms with E-state index in [0.717, 1.165) is 29.3 Å². The number of thioether (sulfide) groups is 1. The minimum absolute atomic E-state index is 0.00970. The van der Waals surface area contributed by atoms with Gasteiger partial charge < -0.3 is 11.1 Å². The van der Waals surface area contributed by atoms with E-state index in [2.05, 4.69) is 27.4 Å². The van der Waals surface area contributed by atoms with Crippen LogP contribution in [-0.2, 0) is 11.2 Å². The third-order valence-electron chi connectivity index (χ3n) is 5.61. The largest absolute Gasteiger partial charge is 0.383 e. The highest BCUT2D eigenvalue weighted by Gasteiger charge is 2.24. The van der Waals surface area contributed by atoms with Crippen molar-refractivity contribution in [2.45, 2.75) is 30.5 Å². The molecule has 0 aliphatic heterocycles. The number of rotatable bonds is 7. The van der Waals surface area contributed by atoms with Gasteiger partial charge in [0.2, 0.25) is 5.91 Å². The molecule has 3 N–H and O–H groups in total. The number of halogens is 1. The fraction of sp³-hybridized carbons (Fsp3) is 0.148. The van der Waals surface area contributed by atoms with E-state index < -0.39 is 5.25 Å². The average Bonchev–Trinajstić information content (AvgIpc) is 3.36. The van der Waals surface area contributed by atoms with Gasteiger partial charge in [-0.25, -0.2) is 9.97 Å². The van der Waals surface area contributed by atoms with Gasteiger partial charge >= 0.3 is 0 Å². The van der Waals surface area contributed by atoms with E-state index in [-0.39, 0.29) is 27.9 Å². The van der Waals surface area contributed by atoms with E-state index in [1.54, 1.807) is 13.0 Å². The first-order valence-corrected chi connectivity index (χ1v) is 13.4. The predicted molar refractivity (Wildman–Crippen MR) is 149 cm³/mol. The van der Waals surface area contributed by atoms with Crippen LogP contribution in [0.5, 0.6) is 0 Å². The Balaban J connectivity index is 1.60. The number of nitrogens with zero attached hydrogens (tertiary/aromatic N) is 4. The lowest BCUT2D eigenvalue weighted by atomic mass is 9.96. The van der Waals surface area contributed by atoms with Gasteiger partial charge in [-0.15, -0.1) is 11.3 Å². The molecule has 0 saturated carbocycles. The number of aryl methyl sites for hydroxylation is 1. The Morgan fingerprint density at radius 3 is 2.49 bits per heavy atom. The van der Waals surface area contributed by atoms with Crippen LogP contribution in [-0.4, -0.2) is 21.1 Å². The lowest BCUT2D eigenvalue weighted by Crippen LogP contribution is -2.22. The van der Waals surface area contributed by atoms with Crippen molar-refractivity contribution >= 4 is 51.6 Å². The summed E-state index contributed by atoms with van der Waals surface area (Å²) in [6.07, 6.45) is 0.863. The number of benzene rings is 2. The smallest absolute Gasteiger partial charge is 0.239 e. The number of anilines is 2. The van der Waals surface area contributed by atoms with Crippen LogP contribution in [0.25, 0.3) is 22.4 Å². The molecule has 1 atom stereocenters. The highest BCUT2D eigenvalue weighted by Crippen LogP contribution is 2.37. The van der Waals surface area contributed by atoms with E-state index in [1.165, 1.54) is 11.3 Å². The molecule has 1 amide bonds. The first kappa shape index (κ1) is 26.2. The van der Waals surface area contributed by atoms with Gasteiger partial charge in [0.25, 0.3) is 0 Å². The molecule has 37 heavy (non-hydrogen) atoms. The standard InChI is InChI=1S/C27H21ClN6OS2/c1-3-16-8-10-17(11-9-16)23-19(12-29)24(31)33-26(20(23)13-30)37-15(2)25(35)34-27-32-22(14-36-27)18-6-4-5-7-21(18)28/h4-11,14-15H,3H2,1-2H3,(H2,31,33)(H,32,34,35). The van der Waals surface area contributed by atoms with Crippen LogP contribution in [0.4, 0.5) is 10.9 Å². The molecule has 0 aliphatic carbocycles. The number of carbonyl (C=O) groups excluding carboxylic acids is 1. The number of nitrogen functional groups attached to an aromatic ring is 1. The number of amides is 1. The summed E-state index contributed by atoms with van der Waals surface area (Å²) < 4.78 is 0. The molecule has 2 aromatic carbocycles. The Morgan fingerprint density at radius 2 is 1.84 bits per heavy atom. The van der Waals surface area contributed by atoms with E-state index in [1.807, 2.05) is 54.8 Å². The van der Waals surface area contributed by atoms with Crippen molar-refractivity contribution in [3.8, 4) is 34.5 Å². The van der Waals surface area contributed by atoms with E-state index in [9.17, 15) is 15.3 Å². The fourth-order valence-corrected chi connectivity index (χ4v) is 5.49. The van der Waals surface area contributed by atoms with Crippen LogP contribution in [0.3, 0.4) is 0 Å². The maximum atomic E-state index is 13.0. The lowest BCUT2D eigenvalue weighted by Gasteiger charge is -2.15. The number of thiazole rings is 1. The Bertz CT molecular complexity index is 1550. The van der Waals surface area contributed by atoms with Crippen molar-refractivity contribution in [1.82, 2.24) is 9.97 Å². The number of nitriles is 2. The molecule has 0 bridgehead atoms. The molecule has 0 spiro atoms. The summed E-state index contributed by atoms with van der Waals surface area (Å²) in [5, 5.41) is 25.1. The summed E-state index contributed by atoms with van der Waals surface area (Å²) in [5.74, 6) is -0.303. The first-order chi connectivity index (χ1) is 17.9. The topological polar surface area (TPSA) is 128 Å². The second-order valence-corrected chi connectivity index (χ2v) is 10.6. The molecule has 7 nitrogen and oxygen atoms in total. The minimum atomic E-state index is -0.630. The van der Waals surface area contributed by atoms with Gasteiger partial charge in [-0.05, 0) is 30.5 Å². The molecule has 0 saturated heterocycles.